The van der Waals surface area contributed by atoms with Gasteiger partial charge >= 0.3 is 11.9 Å². The molecule has 0 saturated heterocycles. The molecule has 0 fully saturated rings. The number of carbonyl (C=O) groups is 2. The number of esters is 2. The second-order valence-corrected chi connectivity index (χ2v) is 8.24. The second-order valence-electron chi connectivity index (χ2n) is 8.24. The van der Waals surface area contributed by atoms with E-state index in [-0.39, 0.29) is 23.7 Å². The molecule has 0 radical (unpaired) electrons. The Kier molecular flexibility index (Phi) is 6.20. The molecule has 4 nitrogen and oxygen atoms in total. The normalized spacial score (nSPS) is 12.0. The maximum absolute atomic E-state index is 12.2. The fraction of sp³-hybridized carbons (Fsp3) is 0.600. The van der Waals surface area contributed by atoms with E-state index in [2.05, 4.69) is 58.4 Å². The third-order valence-electron chi connectivity index (χ3n) is 3.83. The number of aryl methyl sites for hydroxylation is 1. The molecule has 1 rings (SSSR count). The summed E-state index contributed by atoms with van der Waals surface area (Å²) in [6, 6.07) is 4.14. The number of hydrogen-bond acceptors (Lipinski definition) is 4. The number of benzene rings is 1. The topological polar surface area (TPSA) is 52.6 Å². The van der Waals surface area contributed by atoms with Crippen molar-refractivity contribution in [2.45, 2.75) is 72.1 Å². The highest BCUT2D eigenvalue weighted by Gasteiger charge is 2.28. The van der Waals surface area contributed by atoms with Crippen LogP contribution in [0.4, 0.5) is 0 Å². The molecular weight excluding hydrogens is 304 g/mol. The van der Waals surface area contributed by atoms with Gasteiger partial charge in [0.1, 0.15) is 5.75 Å². The van der Waals surface area contributed by atoms with Crippen molar-refractivity contribution < 1.29 is 19.1 Å². The first-order valence-electron chi connectivity index (χ1n) is 8.29. The van der Waals surface area contributed by atoms with Crippen LogP contribution in [0, 0.1) is 6.92 Å². The van der Waals surface area contributed by atoms with Crippen molar-refractivity contribution in [3.05, 3.63) is 28.8 Å². The van der Waals surface area contributed by atoms with Crippen molar-refractivity contribution in [2.24, 2.45) is 0 Å². The van der Waals surface area contributed by atoms with Crippen LogP contribution in [0.2, 0.25) is 0 Å². The van der Waals surface area contributed by atoms with E-state index in [1.807, 2.05) is 6.92 Å². The van der Waals surface area contributed by atoms with Crippen LogP contribution >= 0.6 is 0 Å². The van der Waals surface area contributed by atoms with Gasteiger partial charge in [-0.15, -0.1) is 0 Å². The maximum Gasteiger partial charge on any atom is 0.311 e. The van der Waals surface area contributed by atoms with Gasteiger partial charge in [-0.2, -0.15) is 0 Å². The fourth-order valence-corrected chi connectivity index (χ4v) is 2.47. The zero-order valence-corrected chi connectivity index (χ0v) is 16.2. The van der Waals surface area contributed by atoms with E-state index in [0.717, 1.165) is 16.7 Å². The Morgan fingerprint density at radius 1 is 0.875 bits per heavy atom. The molecule has 0 spiro atoms. The second kappa shape index (κ2) is 7.37. The molecule has 1 aromatic rings. The molecule has 24 heavy (non-hydrogen) atoms. The third kappa shape index (κ3) is 5.36. The van der Waals surface area contributed by atoms with Crippen LogP contribution in [0.3, 0.4) is 0 Å². The van der Waals surface area contributed by atoms with Gasteiger partial charge in [-0.1, -0.05) is 59.2 Å². The van der Waals surface area contributed by atoms with Gasteiger partial charge in [-0.25, -0.2) is 0 Å². The lowest BCUT2D eigenvalue weighted by Gasteiger charge is -2.29. The largest absolute Gasteiger partial charge is 0.469 e. The van der Waals surface area contributed by atoms with Gasteiger partial charge in [0.05, 0.1) is 20.0 Å². The van der Waals surface area contributed by atoms with Gasteiger partial charge in [0, 0.05) is 11.1 Å². The lowest BCUT2D eigenvalue weighted by Crippen LogP contribution is -2.22. The summed E-state index contributed by atoms with van der Waals surface area (Å²) in [6.07, 6.45) is 0.0324. The third-order valence-corrected chi connectivity index (χ3v) is 3.83. The average molecular weight is 334 g/mol. The first-order chi connectivity index (χ1) is 10.9. The molecule has 0 aromatic heterocycles. The number of methoxy groups -OCH3 is 1. The van der Waals surface area contributed by atoms with Crippen molar-refractivity contribution in [3.8, 4) is 5.75 Å². The van der Waals surface area contributed by atoms with Crippen LogP contribution < -0.4 is 4.74 Å². The van der Waals surface area contributed by atoms with Crippen LogP contribution in [-0.2, 0) is 25.2 Å². The van der Waals surface area contributed by atoms with E-state index < -0.39 is 11.9 Å². The molecule has 4 heteroatoms. The minimum atomic E-state index is -0.416. The van der Waals surface area contributed by atoms with Crippen LogP contribution in [0.5, 0.6) is 5.75 Å². The molecule has 0 atom stereocenters. The minimum absolute atomic E-state index is 0.00765. The summed E-state index contributed by atoms with van der Waals surface area (Å²) in [7, 11) is 1.31. The Balaban J connectivity index is 3.28. The fourth-order valence-electron chi connectivity index (χ4n) is 2.47. The van der Waals surface area contributed by atoms with Gasteiger partial charge in [0.15, 0.2) is 0 Å². The SMILES string of the molecule is COC(=O)CCC(=O)Oc1c(C(C)(C)C)cc(C)cc1C(C)(C)C. The summed E-state index contributed by atoms with van der Waals surface area (Å²) in [4.78, 5) is 23.5. The molecule has 0 heterocycles. The number of hydrogen-bond donors (Lipinski definition) is 0. The number of rotatable bonds is 4. The maximum atomic E-state index is 12.2. The lowest BCUT2D eigenvalue weighted by molar-refractivity contribution is -0.144. The minimum Gasteiger partial charge on any atom is -0.469 e. The van der Waals surface area contributed by atoms with E-state index in [1.54, 1.807) is 0 Å². The average Bonchev–Trinajstić information content (AvgIpc) is 2.43. The Morgan fingerprint density at radius 2 is 1.29 bits per heavy atom. The van der Waals surface area contributed by atoms with Crippen molar-refractivity contribution >= 4 is 11.9 Å². The molecule has 0 aliphatic heterocycles. The molecule has 0 aliphatic rings. The summed E-state index contributed by atoms with van der Waals surface area (Å²) in [5.41, 5.74) is 2.81. The molecule has 0 unspecified atom stereocenters. The number of carbonyl (C=O) groups excluding carboxylic acids is 2. The molecule has 0 saturated carbocycles. The molecule has 0 aliphatic carbocycles. The van der Waals surface area contributed by atoms with Crippen molar-refractivity contribution in [1.82, 2.24) is 0 Å². The summed E-state index contributed by atoms with van der Waals surface area (Å²) >= 11 is 0. The summed E-state index contributed by atoms with van der Waals surface area (Å²) in [5.74, 6) is -0.210. The van der Waals surface area contributed by atoms with Crippen LogP contribution in [0.1, 0.15) is 71.1 Å². The zero-order chi connectivity index (χ0) is 18.7. The van der Waals surface area contributed by atoms with E-state index >= 15 is 0 Å². The van der Waals surface area contributed by atoms with E-state index in [4.69, 9.17) is 4.74 Å². The molecule has 0 bridgehead atoms. The molecule has 1 aromatic carbocycles. The smallest absolute Gasteiger partial charge is 0.311 e. The highest BCUT2D eigenvalue weighted by Crippen LogP contribution is 2.40. The molecule has 0 N–H and O–H groups in total. The predicted molar refractivity (Wildman–Crippen MR) is 95.5 cm³/mol. The monoisotopic (exact) mass is 334 g/mol. The zero-order valence-electron chi connectivity index (χ0n) is 16.2. The molecular formula is C20H30O4. The van der Waals surface area contributed by atoms with Crippen LogP contribution in [0.15, 0.2) is 12.1 Å². The summed E-state index contributed by atoms with van der Waals surface area (Å²) in [6.45, 7) is 14.6. The van der Waals surface area contributed by atoms with Gasteiger partial charge < -0.3 is 9.47 Å². The van der Waals surface area contributed by atoms with E-state index in [9.17, 15) is 9.59 Å². The summed E-state index contributed by atoms with van der Waals surface area (Å²) in [5, 5.41) is 0. The quantitative estimate of drug-likeness (QED) is 0.603. The van der Waals surface area contributed by atoms with Gasteiger partial charge in [0.2, 0.25) is 0 Å². The Bertz CT molecular complexity index is 581. The van der Waals surface area contributed by atoms with Crippen molar-refractivity contribution in [3.63, 3.8) is 0 Å². The first kappa shape index (κ1) is 20.2. The number of ether oxygens (including phenoxy) is 2. The Hall–Kier alpha value is -1.84. The standard InChI is InChI=1S/C20H30O4/c1-13-11-14(19(2,3)4)18(15(12-13)20(5,6)7)24-17(22)10-9-16(21)23-8/h11-12H,9-10H2,1-8H3. The predicted octanol–water partition coefficient (Wildman–Crippen LogP) is 4.45. The highest BCUT2D eigenvalue weighted by atomic mass is 16.5. The highest BCUT2D eigenvalue weighted by molar-refractivity contribution is 5.79. The molecule has 0 amide bonds. The van der Waals surface area contributed by atoms with E-state index in [0.29, 0.717) is 5.75 Å². The molecule has 134 valence electrons. The summed E-state index contributed by atoms with van der Waals surface area (Å²) < 4.78 is 10.3. The van der Waals surface area contributed by atoms with Crippen molar-refractivity contribution in [1.29, 1.82) is 0 Å². The Labute approximate surface area is 145 Å². The van der Waals surface area contributed by atoms with Gasteiger partial charge in [-0.05, 0) is 17.8 Å². The van der Waals surface area contributed by atoms with Crippen LogP contribution in [0.25, 0.3) is 0 Å². The van der Waals surface area contributed by atoms with E-state index in [1.165, 1.54) is 7.11 Å². The Morgan fingerprint density at radius 3 is 1.67 bits per heavy atom. The van der Waals surface area contributed by atoms with Gasteiger partial charge in [0.25, 0.3) is 0 Å². The lowest BCUT2D eigenvalue weighted by atomic mass is 9.78. The van der Waals surface area contributed by atoms with Crippen LogP contribution in [-0.4, -0.2) is 19.0 Å². The van der Waals surface area contributed by atoms with Gasteiger partial charge in [-0.3, -0.25) is 9.59 Å². The van der Waals surface area contributed by atoms with Crippen molar-refractivity contribution in [2.75, 3.05) is 7.11 Å². The first-order valence-corrected chi connectivity index (χ1v) is 8.29.